The molecule has 1 aromatic rings. The molecule has 1 rings (SSSR count). The molecule has 5 heteroatoms. The van der Waals surface area contributed by atoms with Gasteiger partial charge in [-0.05, 0) is 6.07 Å². The average Bonchev–Trinajstić information content (AvgIpc) is 2.17. The first-order valence-corrected chi connectivity index (χ1v) is 8.84. The lowest BCUT2D eigenvalue weighted by Crippen LogP contribution is -2.30. The van der Waals surface area contributed by atoms with Gasteiger partial charge in [0.1, 0.15) is 0 Å². The van der Waals surface area contributed by atoms with Crippen molar-refractivity contribution in [3.63, 3.8) is 0 Å². The first-order valence-electron chi connectivity index (χ1n) is 5.13. The van der Waals surface area contributed by atoms with E-state index in [9.17, 15) is 9.59 Å². The highest BCUT2D eigenvalue weighted by molar-refractivity contribution is 6.76. The van der Waals surface area contributed by atoms with Crippen molar-refractivity contribution in [2.24, 2.45) is 7.05 Å². The van der Waals surface area contributed by atoms with Gasteiger partial charge in [-0.2, -0.15) is 0 Å². The summed E-state index contributed by atoms with van der Waals surface area (Å²) in [5, 5.41) is 0. The Kier molecular flexibility index (Phi) is 3.69. The third kappa shape index (κ3) is 3.66. The highest BCUT2D eigenvalue weighted by Gasteiger charge is 2.17. The summed E-state index contributed by atoms with van der Waals surface area (Å²) in [7, 11) is 0.235. The van der Waals surface area contributed by atoms with Gasteiger partial charge in [-0.25, -0.2) is 4.79 Å². The molecular formula is C11H17NO3Si. The van der Waals surface area contributed by atoms with Crippen LogP contribution in [0.15, 0.2) is 23.1 Å². The molecule has 0 unspecified atom stereocenters. The van der Waals surface area contributed by atoms with Crippen molar-refractivity contribution in [1.82, 2.24) is 4.57 Å². The summed E-state index contributed by atoms with van der Waals surface area (Å²) in [5.41, 5.74) is 0.115. The minimum absolute atomic E-state index is 0.206. The van der Waals surface area contributed by atoms with Gasteiger partial charge < -0.3 is 9.30 Å². The van der Waals surface area contributed by atoms with E-state index >= 15 is 0 Å². The van der Waals surface area contributed by atoms with Gasteiger partial charge in [0.15, 0.2) is 0 Å². The van der Waals surface area contributed by atoms with Crippen LogP contribution in [-0.2, 0) is 11.8 Å². The predicted molar refractivity (Wildman–Crippen MR) is 65.3 cm³/mol. The summed E-state index contributed by atoms with van der Waals surface area (Å²) < 4.78 is 6.57. The molecule has 1 aromatic heterocycles. The summed E-state index contributed by atoms with van der Waals surface area (Å²) in [6, 6.07) is 2.89. The number of aryl methyl sites for hydroxylation is 1. The van der Waals surface area contributed by atoms with Crippen molar-refractivity contribution < 1.29 is 9.53 Å². The standard InChI is InChI=1S/C11H17NO3Si/c1-12-6-5-9(7-10(12)13)11(14)15-8-16(2,3)4/h5-7H,8H2,1-4H3. The molecule has 16 heavy (non-hydrogen) atoms. The number of esters is 1. The van der Waals surface area contributed by atoms with Crippen LogP contribution in [0, 0.1) is 0 Å². The number of nitrogens with zero attached hydrogens (tertiary/aromatic N) is 1. The lowest BCUT2D eigenvalue weighted by Gasteiger charge is -2.15. The number of aromatic nitrogens is 1. The molecular weight excluding hydrogens is 222 g/mol. The Bertz CT molecular complexity index is 445. The molecule has 0 aliphatic carbocycles. The molecule has 0 N–H and O–H groups in total. The Hall–Kier alpha value is -1.36. The maximum absolute atomic E-state index is 11.6. The fraction of sp³-hybridized carbons (Fsp3) is 0.455. The van der Waals surface area contributed by atoms with E-state index in [0.717, 1.165) is 0 Å². The third-order valence-electron chi connectivity index (χ3n) is 1.98. The van der Waals surface area contributed by atoms with Crippen LogP contribution in [0.25, 0.3) is 0 Å². The van der Waals surface area contributed by atoms with Crippen LogP contribution in [0.5, 0.6) is 0 Å². The fourth-order valence-corrected chi connectivity index (χ4v) is 1.60. The SMILES string of the molecule is Cn1ccc(C(=O)OC[Si](C)(C)C)cc1=O. The van der Waals surface area contributed by atoms with Crippen molar-refractivity contribution in [1.29, 1.82) is 0 Å². The Morgan fingerprint density at radius 3 is 2.56 bits per heavy atom. The maximum atomic E-state index is 11.6. The maximum Gasteiger partial charge on any atom is 0.338 e. The van der Waals surface area contributed by atoms with E-state index in [4.69, 9.17) is 4.74 Å². The highest BCUT2D eigenvalue weighted by atomic mass is 28.3. The average molecular weight is 239 g/mol. The van der Waals surface area contributed by atoms with Gasteiger partial charge >= 0.3 is 5.97 Å². The Labute approximate surface area is 95.9 Å². The first kappa shape index (κ1) is 12.7. The summed E-state index contributed by atoms with van der Waals surface area (Å²) in [6.07, 6.45) is 2.04. The van der Waals surface area contributed by atoms with Gasteiger partial charge in [0.2, 0.25) is 0 Å². The van der Waals surface area contributed by atoms with Crippen molar-refractivity contribution in [2.75, 3.05) is 6.23 Å². The van der Waals surface area contributed by atoms with Crippen LogP contribution in [-0.4, -0.2) is 24.8 Å². The molecule has 0 fully saturated rings. The number of ether oxygens (including phenoxy) is 1. The van der Waals surface area contributed by atoms with Gasteiger partial charge in [-0.15, -0.1) is 0 Å². The number of hydrogen-bond donors (Lipinski definition) is 0. The van der Waals surface area contributed by atoms with Gasteiger partial charge in [-0.1, -0.05) is 19.6 Å². The van der Waals surface area contributed by atoms with Gasteiger partial charge in [0.05, 0.1) is 19.9 Å². The minimum Gasteiger partial charge on any atom is -0.466 e. The van der Waals surface area contributed by atoms with E-state index in [0.29, 0.717) is 11.8 Å². The Balaban J connectivity index is 2.74. The number of pyridine rings is 1. The first-order chi connectivity index (χ1) is 7.29. The molecule has 1 heterocycles. The summed E-state index contributed by atoms with van der Waals surface area (Å²) in [5.74, 6) is -0.417. The summed E-state index contributed by atoms with van der Waals surface area (Å²) in [6.45, 7) is 6.35. The zero-order valence-electron chi connectivity index (χ0n) is 10.1. The van der Waals surface area contributed by atoms with Crippen LogP contribution in [0.1, 0.15) is 10.4 Å². The van der Waals surface area contributed by atoms with E-state index in [2.05, 4.69) is 19.6 Å². The lowest BCUT2D eigenvalue weighted by atomic mass is 10.3. The van der Waals surface area contributed by atoms with Crippen LogP contribution in [0.4, 0.5) is 0 Å². The normalized spacial score (nSPS) is 11.2. The number of hydrogen-bond acceptors (Lipinski definition) is 3. The van der Waals surface area contributed by atoms with Crippen LogP contribution < -0.4 is 5.56 Å². The number of rotatable bonds is 3. The highest BCUT2D eigenvalue weighted by Crippen LogP contribution is 2.04. The quantitative estimate of drug-likeness (QED) is 0.592. The molecule has 0 aliphatic heterocycles. The van der Waals surface area contributed by atoms with Gasteiger partial charge in [0, 0.05) is 19.3 Å². The second-order valence-electron chi connectivity index (χ2n) is 5.00. The second-order valence-corrected chi connectivity index (χ2v) is 10.4. The molecule has 0 saturated carbocycles. The largest absolute Gasteiger partial charge is 0.466 e. The molecule has 0 aliphatic rings. The zero-order chi connectivity index (χ0) is 12.3. The van der Waals surface area contributed by atoms with E-state index in [1.807, 2.05) is 0 Å². The van der Waals surface area contributed by atoms with Crippen LogP contribution in [0.3, 0.4) is 0 Å². The van der Waals surface area contributed by atoms with E-state index in [1.165, 1.54) is 10.6 Å². The summed E-state index contributed by atoms with van der Waals surface area (Å²) >= 11 is 0. The Morgan fingerprint density at radius 1 is 1.44 bits per heavy atom. The van der Waals surface area contributed by atoms with Crippen molar-refractivity contribution in [3.05, 3.63) is 34.2 Å². The van der Waals surface area contributed by atoms with Crippen LogP contribution in [0.2, 0.25) is 19.6 Å². The number of carbonyl (C=O) groups is 1. The topological polar surface area (TPSA) is 48.3 Å². The third-order valence-corrected chi connectivity index (χ3v) is 2.99. The molecule has 0 spiro atoms. The van der Waals surface area contributed by atoms with Crippen molar-refractivity contribution >= 4 is 14.0 Å². The summed E-state index contributed by atoms with van der Waals surface area (Å²) in [4.78, 5) is 22.9. The molecule has 0 saturated heterocycles. The van der Waals surface area contributed by atoms with Gasteiger partial charge in [-0.3, -0.25) is 4.79 Å². The molecule has 0 radical (unpaired) electrons. The second kappa shape index (κ2) is 4.65. The van der Waals surface area contributed by atoms with Crippen molar-refractivity contribution in [3.8, 4) is 0 Å². The molecule has 0 aromatic carbocycles. The van der Waals surface area contributed by atoms with E-state index < -0.39 is 14.0 Å². The minimum atomic E-state index is -1.40. The predicted octanol–water partition coefficient (Wildman–Crippen LogP) is 1.42. The zero-order valence-corrected chi connectivity index (χ0v) is 11.1. The van der Waals surface area contributed by atoms with E-state index in [-0.39, 0.29) is 5.56 Å². The molecule has 88 valence electrons. The van der Waals surface area contributed by atoms with Gasteiger partial charge in [0.25, 0.3) is 5.56 Å². The smallest absolute Gasteiger partial charge is 0.338 e. The molecule has 0 atom stereocenters. The lowest BCUT2D eigenvalue weighted by molar-refractivity contribution is 0.0565. The van der Waals surface area contributed by atoms with Crippen molar-refractivity contribution in [2.45, 2.75) is 19.6 Å². The van der Waals surface area contributed by atoms with E-state index in [1.54, 1.807) is 19.3 Å². The Morgan fingerprint density at radius 2 is 2.06 bits per heavy atom. The number of carbonyl (C=O) groups excluding carboxylic acids is 1. The molecule has 4 nitrogen and oxygen atoms in total. The monoisotopic (exact) mass is 239 g/mol. The fourth-order valence-electron chi connectivity index (χ4n) is 1.04. The van der Waals surface area contributed by atoms with Crippen LogP contribution >= 0.6 is 0 Å². The molecule has 0 bridgehead atoms. The molecule has 0 amide bonds.